The summed E-state index contributed by atoms with van der Waals surface area (Å²) in [5.74, 6) is 0.549. The number of methoxy groups -OCH3 is 1. The van der Waals surface area contributed by atoms with E-state index in [0.717, 1.165) is 11.4 Å². The highest BCUT2D eigenvalue weighted by molar-refractivity contribution is 5.93. The molecule has 144 valence electrons. The first-order chi connectivity index (χ1) is 13.7. The molecule has 8 nitrogen and oxygen atoms in total. The van der Waals surface area contributed by atoms with E-state index in [4.69, 9.17) is 9.47 Å². The van der Waals surface area contributed by atoms with Gasteiger partial charge in [0.1, 0.15) is 5.75 Å². The second-order valence-electron chi connectivity index (χ2n) is 6.47. The molecule has 0 atom stereocenters. The smallest absolute Gasteiger partial charge is 0.274 e. The van der Waals surface area contributed by atoms with Crippen LogP contribution in [0.25, 0.3) is 17.1 Å². The van der Waals surface area contributed by atoms with Crippen molar-refractivity contribution in [2.24, 2.45) is 0 Å². The molecule has 1 aliphatic rings. The number of carbonyl (C=O) groups is 1. The summed E-state index contributed by atoms with van der Waals surface area (Å²) in [6, 6.07) is 9.27. The predicted octanol–water partition coefficient (Wildman–Crippen LogP) is 2.12. The predicted molar refractivity (Wildman–Crippen MR) is 103 cm³/mol. The fourth-order valence-corrected chi connectivity index (χ4v) is 3.03. The quantitative estimate of drug-likeness (QED) is 0.691. The van der Waals surface area contributed by atoms with Crippen LogP contribution in [-0.4, -0.2) is 64.0 Å². The molecule has 0 aliphatic carbocycles. The van der Waals surface area contributed by atoms with E-state index in [1.165, 1.54) is 0 Å². The molecule has 8 heteroatoms. The van der Waals surface area contributed by atoms with Gasteiger partial charge in [0.2, 0.25) is 0 Å². The third kappa shape index (κ3) is 3.59. The third-order valence-corrected chi connectivity index (χ3v) is 4.60. The van der Waals surface area contributed by atoms with Crippen molar-refractivity contribution in [2.45, 2.75) is 6.92 Å². The van der Waals surface area contributed by atoms with Gasteiger partial charge in [-0.25, -0.2) is 4.68 Å². The Hall–Kier alpha value is -3.26. The maximum Gasteiger partial charge on any atom is 0.274 e. The molecule has 0 spiro atoms. The monoisotopic (exact) mass is 379 g/mol. The van der Waals surface area contributed by atoms with Crippen molar-refractivity contribution in [1.82, 2.24) is 24.6 Å². The summed E-state index contributed by atoms with van der Waals surface area (Å²) < 4.78 is 12.2. The number of carbonyl (C=O) groups excluding carboxylic acids is 1. The van der Waals surface area contributed by atoms with E-state index in [1.54, 1.807) is 35.2 Å². The van der Waals surface area contributed by atoms with Gasteiger partial charge in [-0.15, -0.1) is 0 Å². The summed E-state index contributed by atoms with van der Waals surface area (Å²) in [5, 5.41) is 4.58. The first-order valence-corrected chi connectivity index (χ1v) is 9.06. The lowest BCUT2D eigenvalue weighted by molar-refractivity contribution is 0.0298. The van der Waals surface area contributed by atoms with Crippen LogP contribution >= 0.6 is 0 Å². The van der Waals surface area contributed by atoms with Crippen LogP contribution < -0.4 is 4.74 Å². The molecule has 1 saturated heterocycles. The van der Waals surface area contributed by atoms with Gasteiger partial charge in [0.05, 0.1) is 49.8 Å². The minimum atomic E-state index is -0.114. The zero-order chi connectivity index (χ0) is 19.5. The molecule has 0 aromatic carbocycles. The Bertz CT molecular complexity index is 961. The van der Waals surface area contributed by atoms with Crippen molar-refractivity contribution in [3.8, 4) is 22.8 Å². The molecule has 28 heavy (non-hydrogen) atoms. The molecule has 0 N–H and O–H groups in total. The second-order valence-corrected chi connectivity index (χ2v) is 6.47. The van der Waals surface area contributed by atoms with Gasteiger partial charge in [-0.05, 0) is 37.3 Å². The summed E-state index contributed by atoms with van der Waals surface area (Å²) in [5.41, 5.74) is 3.44. The highest BCUT2D eigenvalue weighted by atomic mass is 16.5. The van der Waals surface area contributed by atoms with E-state index in [-0.39, 0.29) is 5.91 Å². The van der Waals surface area contributed by atoms with Gasteiger partial charge in [-0.1, -0.05) is 0 Å². The number of hydrogen-bond acceptors (Lipinski definition) is 6. The normalized spacial score (nSPS) is 14.1. The minimum Gasteiger partial charge on any atom is -0.495 e. The van der Waals surface area contributed by atoms with Crippen LogP contribution in [0.2, 0.25) is 0 Å². The first-order valence-electron chi connectivity index (χ1n) is 9.06. The van der Waals surface area contributed by atoms with Crippen molar-refractivity contribution in [1.29, 1.82) is 0 Å². The number of hydrogen-bond donors (Lipinski definition) is 0. The van der Waals surface area contributed by atoms with Gasteiger partial charge >= 0.3 is 0 Å². The van der Waals surface area contributed by atoms with E-state index < -0.39 is 0 Å². The molecule has 1 fully saturated rings. The molecule has 1 aliphatic heterocycles. The Morgan fingerprint density at radius 3 is 2.57 bits per heavy atom. The highest BCUT2D eigenvalue weighted by Crippen LogP contribution is 2.24. The molecule has 0 saturated carbocycles. The van der Waals surface area contributed by atoms with Gasteiger partial charge in [0.15, 0.2) is 5.69 Å². The second kappa shape index (κ2) is 7.77. The Morgan fingerprint density at radius 2 is 1.93 bits per heavy atom. The van der Waals surface area contributed by atoms with Gasteiger partial charge in [0.25, 0.3) is 5.91 Å². The fraction of sp³-hybridized carbons (Fsp3) is 0.300. The van der Waals surface area contributed by atoms with Gasteiger partial charge in [-0.2, -0.15) is 5.10 Å². The summed E-state index contributed by atoms with van der Waals surface area (Å²) in [6.07, 6.45) is 3.38. The molecule has 4 rings (SSSR count). The summed E-state index contributed by atoms with van der Waals surface area (Å²) in [6.45, 7) is 4.14. The van der Waals surface area contributed by atoms with Crippen LogP contribution in [0.1, 0.15) is 16.2 Å². The van der Waals surface area contributed by atoms with Crippen molar-refractivity contribution in [3.05, 3.63) is 54.1 Å². The summed E-state index contributed by atoms with van der Waals surface area (Å²) >= 11 is 0. The Balaban J connectivity index is 1.76. The first kappa shape index (κ1) is 18.1. The largest absolute Gasteiger partial charge is 0.495 e. The van der Waals surface area contributed by atoms with Crippen LogP contribution in [0.4, 0.5) is 0 Å². The standard InChI is InChI=1S/C20H21N5O3/c1-14-3-4-15(12-21-14)25-19(17-6-5-16(27-2)13-22-17)11-18(23-25)20(26)24-7-9-28-10-8-24/h3-6,11-13H,7-10H2,1-2H3. The van der Waals surface area contributed by atoms with Crippen molar-refractivity contribution in [3.63, 3.8) is 0 Å². The molecular formula is C20H21N5O3. The maximum atomic E-state index is 12.9. The molecule has 1 amide bonds. The number of ether oxygens (including phenoxy) is 2. The average Bonchev–Trinajstić information content (AvgIpc) is 3.20. The van der Waals surface area contributed by atoms with Crippen molar-refractivity contribution >= 4 is 5.91 Å². The fourth-order valence-electron chi connectivity index (χ4n) is 3.03. The van der Waals surface area contributed by atoms with Crippen LogP contribution in [0.5, 0.6) is 5.75 Å². The number of amides is 1. The van der Waals surface area contributed by atoms with Crippen LogP contribution in [0.3, 0.4) is 0 Å². The molecule has 0 bridgehead atoms. The number of nitrogens with zero attached hydrogens (tertiary/aromatic N) is 5. The number of aryl methyl sites for hydroxylation is 1. The lowest BCUT2D eigenvalue weighted by Crippen LogP contribution is -2.40. The van der Waals surface area contributed by atoms with Gasteiger partial charge in [0, 0.05) is 18.8 Å². The molecule has 3 aromatic rings. The Labute approximate surface area is 162 Å². The van der Waals surface area contributed by atoms with Crippen LogP contribution in [0, 0.1) is 6.92 Å². The number of aromatic nitrogens is 4. The SMILES string of the molecule is COc1ccc(-c2cc(C(=O)N3CCOCC3)nn2-c2ccc(C)nc2)nc1. The minimum absolute atomic E-state index is 0.114. The van der Waals surface area contributed by atoms with Crippen LogP contribution in [-0.2, 0) is 4.74 Å². The van der Waals surface area contributed by atoms with Gasteiger partial charge < -0.3 is 14.4 Å². The molecule has 0 radical (unpaired) electrons. The number of rotatable bonds is 4. The topological polar surface area (TPSA) is 82.4 Å². The zero-order valence-corrected chi connectivity index (χ0v) is 15.8. The van der Waals surface area contributed by atoms with Crippen molar-refractivity contribution in [2.75, 3.05) is 33.4 Å². The molecule has 4 heterocycles. The summed E-state index contributed by atoms with van der Waals surface area (Å²) in [7, 11) is 1.60. The molecule has 0 unspecified atom stereocenters. The number of pyridine rings is 2. The van der Waals surface area contributed by atoms with E-state index >= 15 is 0 Å². The van der Waals surface area contributed by atoms with Gasteiger partial charge in [-0.3, -0.25) is 14.8 Å². The van der Waals surface area contributed by atoms with E-state index in [9.17, 15) is 4.79 Å². The highest BCUT2D eigenvalue weighted by Gasteiger charge is 2.23. The van der Waals surface area contributed by atoms with E-state index in [2.05, 4.69) is 15.1 Å². The lowest BCUT2D eigenvalue weighted by atomic mass is 10.2. The average molecular weight is 379 g/mol. The summed E-state index contributed by atoms with van der Waals surface area (Å²) in [4.78, 5) is 23.5. The zero-order valence-electron chi connectivity index (χ0n) is 15.8. The number of morpholine rings is 1. The Morgan fingerprint density at radius 1 is 1.11 bits per heavy atom. The third-order valence-electron chi connectivity index (χ3n) is 4.60. The van der Waals surface area contributed by atoms with E-state index in [0.29, 0.717) is 49.1 Å². The molecule has 3 aromatic heterocycles. The Kier molecular flexibility index (Phi) is 5.03. The van der Waals surface area contributed by atoms with Crippen LogP contribution in [0.15, 0.2) is 42.7 Å². The van der Waals surface area contributed by atoms with E-state index in [1.807, 2.05) is 31.2 Å². The van der Waals surface area contributed by atoms with Crippen molar-refractivity contribution < 1.29 is 14.3 Å². The lowest BCUT2D eigenvalue weighted by Gasteiger charge is -2.25. The maximum absolute atomic E-state index is 12.9. The molecular weight excluding hydrogens is 358 g/mol.